The van der Waals surface area contributed by atoms with Crippen LogP contribution in [0.3, 0.4) is 0 Å². The maximum atomic E-state index is 12.8. The normalized spacial score (nSPS) is 18.0. The van der Waals surface area contributed by atoms with Gasteiger partial charge in [0.2, 0.25) is 0 Å². The van der Waals surface area contributed by atoms with Gasteiger partial charge in [-0.1, -0.05) is 18.2 Å². The Morgan fingerprint density at radius 2 is 1.93 bits per heavy atom. The molecule has 4 heterocycles. The number of ether oxygens (including phenoxy) is 1. The van der Waals surface area contributed by atoms with E-state index < -0.39 is 5.60 Å². The number of carbonyl (C=O) groups is 1. The van der Waals surface area contributed by atoms with Gasteiger partial charge in [0, 0.05) is 32.0 Å². The second-order valence-corrected chi connectivity index (χ2v) is 7.72. The van der Waals surface area contributed by atoms with Gasteiger partial charge in [0.15, 0.2) is 0 Å². The average Bonchev–Trinajstić information content (AvgIpc) is 3.43. The SMILES string of the molecule is CCn1ccc(C(=O)N2CCC3(CC2)OCCc2cn(-c4ccccc4)nc23)n1. The molecule has 1 saturated heterocycles. The number of hydrogen-bond donors (Lipinski definition) is 0. The van der Waals surface area contributed by atoms with Crippen LogP contribution in [0.5, 0.6) is 0 Å². The summed E-state index contributed by atoms with van der Waals surface area (Å²) in [5.41, 5.74) is 3.46. The molecule has 7 heteroatoms. The molecule has 0 aliphatic carbocycles. The van der Waals surface area contributed by atoms with Crippen LogP contribution >= 0.6 is 0 Å². The van der Waals surface area contributed by atoms with E-state index in [1.807, 2.05) is 40.9 Å². The first kappa shape index (κ1) is 18.1. The quantitative estimate of drug-likeness (QED) is 0.689. The Labute approximate surface area is 169 Å². The molecule has 0 unspecified atom stereocenters. The monoisotopic (exact) mass is 391 g/mol. The summed E-state index contributed by atoms with van der Waals surface area (Å²) in [6.45, 7) is 4.77. The lowest BCUT2D eigenvalue weighted by molar-refractivity contribution is -0.0963. The summed E-state index contributed by atoms with van der Waals surface area (Å²) in [4.78, 5) is 14.7. The summed E-state index contributed by atoms with van der Waals surface area (Å²) in [5.74, 6) is -0.00195. The van der Waals surface area contributed by atoms with Crippen molar-refractivity contribution in [1.82, 2.24) is 24.5 Å². The van der Waals surface area contributed by atoms with Crippen LogP contribution in [0.4, 0.5) is 0 Å². The zero-order chi connectivity index (χ0) is 19.8. The number of hydrogen-bond acceptors (Lipinski definition) is 4. The largest absolute Gasteiger partial charge is 0.368 e. The smallest absolute Gasteiger partial charge is 0.274 e. The van der Waals surface area contributed by atoms with Gasteiger partial charge in [-0.05, 0) is 49.9 Å². The number of nitrogens with zero attached hydrogens (tertiary/aromatic N) is 5. The van der Waals surface area contributed by atoms with Crippen LogP contribution in [0.1, 0.15) is 41.5 Å². The minimum atomic E-state index is -0.396. The summed E-state index contributed by atoms with van der Waals surface area (Å²) in [5, 5.41) is 9.27. The van der Waals surface area contributed by atoms with Crippen molar-refractivity contribution in [3.63, 3.8) is 0 Å². The molecule has 0 saturated carbocycles. The standard InChI is InChI=1S/C22H25N5O2/c1-2-26-12-8-19(23-26)21(28)25-13-10-22(11-14-25)20-17(9-15-29-22)16-27(24-20)18-6-4-3-5-7-18/h3-8,12,16H,2,9-11,13-15H2,1H3. The fraction of sp³-hybridized carbons (Fsp3) is 0.409. The second-order valence-electron chi connectivity index (χ2n) is 7.72. The van der Waals surface area contributed by atoms with Crippen molar-refractivity contribution in [3.05, 3.63) is 65.7 Å². The van der Waals surface area contributed by atoms with E-state index in [1.165, 1.54) is 5.56 Å². The fourth-order valence-corrected chi connectivity index (χ4v) is 4.38. The zero-order valence-corrected chi connectivity index (χ0v) is 16.6. The van der Waals surface area contributed by atoms with Crippen molar-refractivity contribution in [2.45, 2.75) is 38.3 Å². The Balaban J connectivity index is 1.36. The van der Waals surface area contributed by atoms with E-state index >= 15 is 0 Å². The lowest BCUT2D eigenvalue weighted by atomic mass is 9.83. The van der Waals surface area contributed by atoms with E-state index in [0.717, 1.165) is 37.2 Å². The minimum Gasteiger partial charge on any atom is -0.368 e. The summed E-state index contributed by atoms with van der Waals surface area (Å²) >= 11 is 0. The van der Waals surface area contributed by atoms with Gasteiger partial charge in [0.25, 0.3) is 5.91 Å². The van der Waals surface area contributed by atoms with Crippen LogP contribution in [-0.4, -0.2) is 50.1 Å². The summed E-state index contributed by atoms with van der Waals surface area (Å²) in [6.07, 6.45) is 6.37. The summed E-state index contributed by atoms with van der Waals surface area (Å²) < 4.78 is 10.0. The lowest BCUT2D eigenvalue weighted by Crippen LogP contribution is -2.48. The van der Waals surface area contributed by atoms with E-state index in [9.17, 15) is 4.79 Å². The topological polar surface area (TPSA) is 65.2 Å². The number of para-hydroxylation sites is 1. The van der Waals surface area contributed by atoms with Crippen LogP contribution in [0.15, 0.2) is 48.8 Å². The molecule has 7 nitrogen and oxygen atoms in total. The molecule has 0 radical (unpaired) electrons. The number of amides is 1. The molecular weight excluding hydrogens is 366 g/mol. The number of aryl methyl sites for hydroxylation is 1. The van der Waals surface area contributed by atoms with Crippen molar-refractivity contribution in [2.75, 3.05) is 19.7 Å². The van der Waals surface area contributed by atoms with Crippen molar-refractivity contribution >= 4 is 5.91 Å². The van der Waals surface area contributed by atoms with Gasteiger partial charge >= 0.3 is 0 Å². The van der Waals surface area contributed by atoms with Crippen LogP contribution < -0.4 is 0 Å². The number of fused-ring (bicyclic) bond motifs is 2. The number of aromatic nitrogens is 4. The lowest BCUT2D eigenvalue weighted by Gasteiger charge is -2.42. The first-order valence-electron chi connectivity index (χ1n) is 10.3. The molecule has 29 heavy (non-hydrogen) atoms. The molecule has 2 aliphatic heterocycles. The predicted octanol–water partition coefficient (Wildman–Crippen LogP) is 2.79. The van der Waals surface area contributed by atoms with Gasteiger partial charge in [-0.3, -0.25) is 9.48 Å². The predicted molar refractivity (Wildman–Crippen MR) is 108 cm³/mol. The van der Waals surface area contributed by atoms with E-state index in [4.69, 9.17) is 9.84 Å². The molecule has 2 aliphatic rings. The van der Waals surface area contributed by atoms with Gasteiger partial charge in [-0.25, -0.2) is 4.68 Å². The fourth-order valence-electron chi connectivity index (χ4n) is 4.38. The minimum absolute atomic E-state index is 0.00195. The van der Waals surface area contributed by atoms with Crippen LogP contribution in [0.2, 0.25) is 0 Å². The number of likely N-dealkylation sites (tertiary alicyclic amines) is 1. The second kappa shape index (κ2) is 7.15. The number of benzene rings is 1. The Bertz CT molecular complexity index is 1020. The highest BCUT2D eigenvalue weighted by Crippen LogP contribution is 2.41. The maximum absolute atomic E-state index is 12.8. The Morgan fingerprint density at radius 3 is 2.66 bits per heavy atom. The van der Waals surface area contributed by atoms with Crippen molar-refractivity contribution in [1.29, 1.82) is 0 Å². The first-order valence-corrected chi connectivity index (χ1v) is 10.3. The Morgan fingerprint density at radius 1 is 1.14 bits per heavy atom. The molecule has 0 atom stereocenters. The van der Waals surface area contributed by atoms with E-state index in [-0.39, 0.29) is 5.91 Å². The van der Waals surface area contributed by atoms with Crippen LogP contribution in [0.25, 0.3) is 5.69 Å². The molecular formula is C22H25N5O2. The third-order valence-corrected chi connectivity index (χ3v) is 6.03. The van der Waals surface area contributed by atoms with E-state index in [2.05, 4.69) is 23.4 Å². The molecule has 3 aromatic rings. The van der Waals surface area contributed by atoms with E-state index in [0.29, 0.717) is 25.4 Å². The van der Waals surface area contributed by atoms with Crippen molar-refractivity contribution < 1.29 is 9.53 Å². The van der Waals surface area contributed by atoms with Crippen molar-refractivity contribution in [3.8, 4) is 5.69 Å². The molecule has 0 N–H and O–H groups in total. The summed E-state index contributed by atoms with van der Waals surface area (Å²) in [7, 11) is 0. The Hall–Kier alpha value is -2.93. The summed E-state index contributed by atoms with van der Waals surface area (Å²) in [6, 6.07) is 12.0. The molecule has 5 rings (SSSR count). The molecule has 1 spiro atoms. The number of piperidine rings is 1. The highest BCUT2D eigenvalue weighted by atomic mass is 16.5. The number of rotatable bonds is 3. The van der Waals surface area contributed by atoms with Crippen LogP contribution in [-0.2, 0) is 23.3 Å². The zero-order valence-electron chi connectivity index (χ0n) is 16.6. The molecule has 1 amide bonds. The van der Waals surface area contributed by atoms with Gasteiger partial charge in [0.1, 0.15) is 11.3 Å². The van der Waals surface area contributed by atoms with Gasteiger partial charge in [-0.15, -0.1) is 0 Å². The Kier molecular flexibility index (Phi) is 4.47. The van der Waals surface area contributed by atoms with Crippen LogP contribution in [0, 0.1) is 0 Å². The number of carbonyl (C=O) groups excluding carboxylic acids is 1. The highest BCUT2D eigenvalue weighted by Gasteiger charge is 2.44. The van der Waals surface area contributed by atoms with Gasteiger partial charge < -0.3 is 9.64 Å². The molecule has 150 valence electrons. The van der Waals surface area contributed by atoms with Crippen molar-refractivity contribution in [2.24, 2.45) is 0 Å². The first-order chi connectivity index (χ1) is 14.2. The van der Waals surface area contributed by atoms with E-state index in [1.54, 1.807) is 10.7 Å². The molecule has 1 fully saturated rings. The molecule has 2 aromatic heterocycles. The maximum Gasteiger partial charge on any atom is 0.274 e. The van der Waals surface area contributed by atoms with Gasteiger partial charge in [0.05, 0.1) is 18.0 Å². The molecule has 1 aromatic carbocycles. The third-order valence-electron chi connectivity index (χ3n) is 6.03. The third kappa shape index (κ3) is 3.15. The average molecular weight is 391 g/mol. The highest BCUT2D eigenvalue weighted by molar-refractivity contribution is 5.92. The van der Waals surface area contributed by atoms with Gasteiger partial charge in [-0.2, -0.15) is 10.2 Å². The molecule has 0 bridgehead atoms.